The molecule has 0 atom stereocenters. The van der Waals surface area contributed by atoms with Crippen molar-refractivity contribution in [1.82, 2.24) is 0 Å². The van der Waals surface area contributed by atoms with E-state index in [2.05, 4.69) is 29.3 Å². The van der Waals surface area contributed by atoms with Gasteiger partial charge in [-0.2, -0.15) is 0 Å². The van der Waals surface area contributed by atoms with E-state index < -0.39 is 0 Å². The average Bonchev–Trinajstić information content (AvgIpc) is 1.83. The molecule has 0 aliphatic carbocycles. The van der Waals surface area contributed by atoms with Gasteiger partial charge in [-0.1, -0.05) is 12.2 Å². The predicted octanol–water partition coefficient (Wildman–Crippen LogP) is 1.15. The van der Waals surface area contributed by atoms with Gasteiger partial charge in [-0.15, -0.1) is 0 Å². The van der Waals surface area contributed by atoms with Crippen LogP contribution in [-0.2, 0) is 8.98 Å². The van der Waals surface area contributed by atoms with Gasteiger partial charge in [0.1, 0.15) is 0 Å². The Morgan fingerprint density at radius 3 is 2.88 bits per heavy atom. The van der Waals surface area contributed by atoms with E-state index in [9.17, 15) is 4.79 Å². The standard InChI is InChI=1S/C4H6O2S2/c5-4(6-8)2-1-3-7/h3,8H,1-2H2. The molecule has 0 aromatic rings. The minimum Gasteiger partial charge on any atom is -0.395 e. The maximum Gasteiger partial charge on any atom is 0.317 e. The maximum absolute atomic E-state index is 10.2. The average molecular weight is 150 g/mol. The minimum absolute atomic E-state index is 0.326. The van der Waals surface area contributed by atoms with E-state index in [0.717, 1.165) is 0 Å². The Morgan fingerprint density at radius 1 is 1.88 bits per heavy atom. The lowest BCUT2D eigenvalue weighted by molar-refractivity contribution is -0.132. The number of rotatable bonds is 3. The summed E-state index contributed by atoms with van der Waals surface area (Å²) in [4.78, 5) is 10.2. The highest BCUT2D eigenvalue weighted by atomic mass is 32.1. The molecule has 46 valence electrons. The van der Waals surface area contributed by atoms with Crippen LogP contribution in [0, 0.1) is 0 Å². The molecule has 2 nitrogen and oxygen atoms in total. The summed E-state index contributed by atoms with van der Waals surface area (Å²) in [5, 5.41) is 1.49. The lowest BCUT2D eigenvalue weighted by Gasteiger charge is -1.89. The van der Waals surface area contributed by atoms with E-state index in [1.807, 2.05) is 0 Å². The van der Waals surface area contributed by atoms with Crippen LogP contribution in [0.15, 0.2) is 0 Å². The van der Waals surface area contributed by atoms with Gasteiger partial charge in [0, 0.05) is 12.9 Å². The van der Waals surface area contributed by atoms with Crippen LogP contribution >= 0.6 is 25.1 Å². The van der Waals surface area contributed by atoms with Crippen LogP contribution in [0.2, 0.25) is 0 Å². The molecule has 0 aromatic carbocycles. The van der Waals surface area contributed by atoms with E-state index in [1.54, 1.807) is 0 Å². The molecular weight excluding hydrogens is 144 g/mol. The molecule has 0 unspecified atom stereocenters. The summed E-state index contributed by atoms with van der Waals surface area (Å²) in [6.45, 7) is 0. The van der Waals surface area contributed by atoms with Crippen molar-refractivity contribution < 1.29 is 8.98 Å². The number of thiol groups is 1. The van der Waals surface area contributed by atoms with Gasteiger partial charge in [0.05, 0.1) is 6.42 Å². The smallest absolute Gasteiger partial charge is 0.317 e. The van der Waals surface area contributed by atoms with E-state index in [1.165, 1.54) is 5.37 Å². The first kappa shape index (κ1) is 7.91. The van der Waals surface area contributed by atoms with Crippen LogP contribution in [0.1, 0.15) is 12.8 Å². The second kappa shape index (κ2) is 5.05. The monoisotopic (exact) mass is 150 g/mol. The van der Waals surface area contributed by atoms with E-state index >= 15 is 0 Å². The van der Waals surface area contributed by atoms with Gasteiger partial charge in [0.25, 0.3) is 0 Å². The minimum atomic E-state index is -0.338. The van der Waals surface area contributed by atoms with E-state index in [0.29, 0.717) is 12.8 Å². The molecule has 0 fully saturated rings. The molecular formula is C4H6O2S2. The molecule has 0 amide bonds. The summed E-state index contributed by atoms with van der Waals surface area (Å²) in [6, 6.07) is 0. The Bertz CT molecular complexity index is 92.0. The zero-order valence-corrected chi connectivity index (χ0v) is 5.87. The summed E-state index contributed by atoms with van der Waals surface area (Å²) in [6.07, 6.45) is 0.904. The number of hydrogen-bond donors (Lipinski definition) is 1. The third kappa shape index (κ3) is 4.08. The van der Waals surface area contributed by atoms with Gasteiger partial charge in [-0.3, -0.25) is 4.79 Å². The number of hydrogen-bond acceptors (Lipinski definition) is 4. The fraction of sp³-hybridized carbons (Fsp3) is 0.500. The Kier molecular flexibility index (Phi) is 5.00. The quantitative estimate of drug-likeness (QED) is 0.371. The normalized spacial score (nSPS) is 8.12. The van der Waals surface area contributed by atoms with Crippen LogP contribution in [-0.4, -0.2) is 11.3 Å². The van der Waals surface area contributed by atoms with Gasteiger partial charge in [0.15, 0.2) is 0 Å². The van der Waals surface area contributed by atoms with Gasteiger partial charge in [0.2, 0.25) is 0 Å². The second-order valence-electron chi connectivity index (χ2n) is 1.17. The molecule has 0 aliphatic heterocycles. The molecule has 0 spiro atoms. The van der Waals surface area contributed by atoms with E-state index in [4.69, 9.17) is 0 Å². The summed E-state index contributed by atoms with van der Waals surface area (Å²) in [7, 11) is 0. The second-order valence-corrected chi connectivity index (χ2v) is 1.68. The van der Waals surface area contributed by atoms with Crippen molar-refractivity contribution in [2.45, 2.75) is 12.8 Å². The molecule has 0 radical (unpaired) electrons. The lowest BCUT2D eigenvalue weighted by atomic mass is 10.3. The summed E-state index contributed by atoms with van der Waals surface area (Å²) < 4.78 is 4.04. The van der Waals surface area contributed by atoms with Gasteiger partial charge in [-0.05, 0) is 11.8 Å². The summed E-state index contributed by atoms with van der Waals surface area (Å²) >= 11 is 7.75. The summed E-state index contributed by atoms with van der Waals surface area (Å²) in [5.74, 6) is -0.338. The van der Waals surface area contributed by atoms with Crippen molar-refractivity contribution in [1.29, 1.82) is 0 Å². The largest absolute Gasteiger partial charge is 0.395 e. The first-order valence-electron chi connectivity index (χ1n) is 2.09. The first-order valence-corrected chi connectivity index (χ1v) is 2.92. The molecule has 0 rings (SSSR count). The van der Waals surface area contributed by atoms with Crippen LogP contribution in [0.5, 0.6) is 0 Å². The highest BCUT2D eigenvalue weighted by Crippen LogP contribution is 1.91. The van der Waals surface area contributed by atoms with Crippen molar-refractivity contribution in [3.8, 4) is 0 Å². The molecule has 0 saturated carbocycles. The Morgan fingerprint density at radius 2 is 2.50 bits per heavy atom. The SMILES string of the molecule is O=C(CCC=S)OS. The van der Waals surface area contributed by atoms with Crippen LogP contribution in [0.4, 0.5) is 0 Å². The third-order valence-electron chi connectivity index (χ3n) is 0.568. The van der Waals surface area contributed by atoms with E-state index in [-0.39, 0.29) is 5.97 Å². The molecule has 0 bridgehead atoms. The Labute approximate surface area is 58.8 Å². The summed E-state index contributed by atoms with van der Waals surface area (Å²) in [5.41, 5.74) is 0. The zero-order chi connectivity index (χ0) is 6.41. The first-order chi connectivity index (χ1) is 3.81. The lowest BCUT2D eigenvalue weighted by Crippen LogP contribution is -1.95. The topological polar surface area (TPSA) is 26.3 Å². The molecule has 0 N–H and O–H groups in total. The van der Waals surface area contributed by atoms with Crippen molar-refractivity contribution in [2.75, 3.05) is 0 Å². The fourth-order valence-corrected chi connectivity index (χ4v) is 0.432. The molecule has 0 saturated heterocycles. The van der Waals surface area contributed by atoms with Crippen molar-refractivity contribution in [3.05, 3.63) is 0 Å². The van der Waals surface area contributed by atoms with Crippen LogP contribution < -0.4 is 0 Å². The molecule has 0 aromatic heterocycles. The molecule has 4 heteroatoms. The number of carbonyl (C=O) groups is 1. The van der Waals surface area contributed by atoms with Crippen molar-refractivity contribution >= 4 is 36.5 Å². The predicted molar refractivity (Wildman–Crippen MR) is 38.0 cm³/mol. The van der Waals surface area contributed by atoms with Crippen LogP contribution in [0.25, 0.3) is 0 Å². The molecule has 0 aliphatic rings. The highest BCUT2D eigenvalue weighted by molar-refractivity contribution is 7.79. The fourth-order valence-electron chi connectivity index (χ4n) is 0.222. The third-order valence-corrected chi connectivity index (χ3v) is 1.01. The van der Waals surface area contributed by atoms with Gasteiger partial charge in [-0.25, -0.2) is 0 Å². The Balaban J connectivity index is 3.11. The van der Waals surface area contributed by atoms with Gasteiger partial charge < -0.3 is 4.18 Å². The van der Waals surface area contributed by atoms with Crippen molar-refractivity contribution in [2.24, 2.45) is 0 Å². The maximum atomic E-state index is 10.2. The number of thiocarbonyl (C=S) groups is 1. The van der Waals surface area contributed by atoms with Crippen LogP contribution in [0.3, 0.4) is 0 Å². The number of carbonyl (C=O) groups excluding carboxylic acids is 1. The molecule has 8 heavy (non-hydrogen) atoms. The molecule has 0 heterocycles. The van der Waals surface area contributed by atoms with Gasteiger partial charge >= 0.3 is 5.97 Å². The highest BCUT2D eigenvalue weighted by Gasteiger charge is 1.95. The Hall–Kier alpha value is -0.0900. The van der Waals surface area contributed by atoms with Crippen molar-refractivity contribution in [3.63, 3.8) is 0 Å². The zero-order valence-electron chi connectivity index (χ0n) is 4.16.